The zero-order valence-electron chi connectivity index (χ0n) is 11.1. The number of benzene rings is 2. The summed E-state index contributed by atoms with van der Waals surface area (Å²) in [5.74, 6) is -0.0745. The van der Waals surface area contributed by atoms with Gasteiger partial charge >= 0.3 is 0 Å². The van der Waals surface area contributed by atoms with Crippen LogP contribution >= 0.6 is 11.6 Å². The maximum absolute atomic E-state index is 12.4. The summed E-state index contributed by atoms with van der Waals surface area (Å²) in [6, 6.07) is 15.2. The Morgan fingerprint density at radius 2 is 1.86 bits per heavy atom. The molecule has 2 heterocycles. The van der Waals surface area contributed by atoms with E-state index < -0.39 is 5.54 Å². The average molecular weight is 298 g/mol. The number of anilines is 1. The molecule has 1 spiro atoms. The smallest absolute Gasteiger partial charge is 0.256 e. The largest absolute Gasteiger partial charge is 0.323 e. The van der Waals surface area contributed by atoms with Crippen molar-refractivity contribution in [1.29, 1.82) is 0 Å². The molecular weight excluding hydrogens is 286 g/mol. The van der Waals surface area contributed by atoms with Crippen LogP contribution in [0.1, 0.15) is 17.5 Å². The minimum atomic E-state index is -0.814. The summed E-state index contributed by atoms with van der Waals surface area (Å²) in [6.07, 6.45) is 0.486. The van der Waals surface area contributed by atoms with Crippen LogP contribution in [0.2, 0.25) is 5.02 Å². The first kappa shape index (κ1) is 12.4. The standard InChI is InChI=1S/C16H12ClN3O/c17-12-7-3-1-5-10(12)14-9-16(20-19-14)11-6-2-4-8-13(11)18-15(16)21/h1-8,20H,9H2,(H,18,21)/t16-/m1/s1. The van der Waals surface area contributed by atoms with Gasteiger partial charge in [0.1, 0.15) is 0 Å². The van der Waals surface area contributed by atoms with E-state index in [1.54, 1.807) is 0 Å². The van der Waals surface area contributed by atoms with Crippen LogP contribution in [0.4, 0.5) is 5.69 Å². The Morgan fingerprint density at radius 1 is 1.10 bits per heavy atom. The van der Waals surface area contributed by atoms with Crippen molar-refractivity contribution in [1.82, 2.24) is 5.43 Å². The second kappa shape index (κ2) is 4.33. The molecule has 2 aromatic rings. The fourth-order valence-electron chi connectivity index (χ4n) is 2.95. The topological polar surface area (TPSA) is 53.5 Å². The molecule has 0 fully saturated rings. The third-order valence-electron chi connectivity index (χ3n) is 4.02. The van der Waals surface area contributed by atoms with Gasteiger partial charge in [0.2, 0.25) is 0 Å². The van der Waals surface area contributed by atoms with Gasteiger partial charge in [-0.25, -0.2) is 0 Å². The molecule has 1 atom stereocenters. The first-order valence-electron chi connectivity index (χ1n) is 6.70. The third-order valence-corrected chi connectivity index (χ3v) is 4.35. The van der Waals surface area contributed by atoms with E-state index in [2.05, 4.69) is 15.8 Å². The van der Waals surface area contributed by atoms with Crippen molar-refractivity contribution < 1.29 is 4.79 Å². The molecule has 5 heteroatoms. The Hall–Kier alpha value is -2.33. The number of hydrazone groups is 1. The maximum atomic E-state index is 12.4. The summed E-state index contributed by atoms with van der Waals surface area (Å²) in [6.45, 7) is 0. The SMILES string of the molecule is O=C1Nc2ccccc2[C@]12CC(c1ccccc1Cl)=NN2. The lowest BCUT2D eigenvalue weighted by atomic mass is 9.86. The van der Waals surface area contributed by atoms with E-state index >= 15 is 0 Å². The number of para-hydroxylation sites is 1. The summed E-state index contributed by atoms with van der Waals surface area (Å²) in [5.41, 5.74) is 5.65. The van der Waals surface area contributed by atoms with Gasteiger partial charge < -0.3 is 5.32 Å². The number of carbonyl (C=O) groups excluding carboxylic acids is 1. The molecule has 1 amide bonds. The summed E-state index contributed by atoms with van der Waals surface area (Å²) >= 11 is 6.23. The molecule has 2 aliphatic heterocycles. The highest BCUT2D eigenvalue weighted by Gasteiger charge is 2.50. The number of carbonyl (C=O) groups is 1. The van der Waals surface area contributed by atoms with Crippen molar-refractivity contribution in [3.05, 3.63) is 64.7 Å². The Bertz CT molecular complexity index is 787. The number of hydrogen-bond donors (Lipinski definition) is 2. The van der Waals surface area contributed by atoms with Crippen LogP contribution in [0.3, 0.4) is 0 Å². The predicted octanol–water partition coefficient (Wildman–Crippen LogP) is 2.89. The summed E-state index contributed by atoms with van der Waals surface area (Å²) in [7, 11) is 0. The molecule has 0 saturated carbocycles. The normalized spacial score (nSPS) is 22.7. The van der Waals surface area contributed by atoms with Crippen LogP contribution in [0, 0.1) is 0 Å². The van der Waals surface area contributed by atoms with Crippen LogP contribution in [0.25, 0.3) is 0 Å². The Morgan fingerprint density at radius 3 is 2.71 bits per heavy atom. The molecule has 2 aliphatic rings. The number of hydrogen-bond acceptors (Lipinski definition) is 3. The lowest BCUT2D eigenvalue weighted by Gasteiger charge is -2.20. The van der Waals surface area contributed by atoms with E-state index in [0.29, 0.717) is 11.4 Å². The molecule has 21 heavy (non-hydrogen) atoms. The predicted molar refractivity (Wildman–Crippen MR) is 82.5 cm³/mol. The van der Waals surface area contributed by atoms with Crippen molar-refractivity contribution in [2.75, 3.05) is 5.32 Å². The average Bonchev–Trinajstić information content (AvgIpc) is 3.05. The van der Waals surface area contributed by atoms with Gasteiger partial charge in [-0.05, 0) is 12.1 Å². The first-order chi connectivity index (χ1) is 10.2. The first-order valence-corrected chi connectivity index (χ1v) is 7.08. The maximum Gasteiger partial charge on any atom is 0.256 e. The quantitative estimate of drug-likeness (QED) is 0.850. The number of nitrogens with one attached hydrogen (secondary N) is 2. The molecule has 2 N–H and O–H groups in total. The Labute approximate surface area is 126 Å². The van der Waals surface area contributed by atoms with E-state index in [9.17, 15) is 4.79 Å². The van der Waals surface area contributed by atoms with Gasteiger partial charge in [0.15, 0.2) is 5.54 Å². The van der Waals surface area contributed by atoms with Gasteiger partial charge in [-0.3, -0.25) is 10.2 Å². The molecule has 0 aromatic heterocycles. The highest BCUT2D eigenvalue weighted by Crippen LogP contribution is 2.41. The minimum Gasteiger partial charge on any atom is -0.323 e. The second-order valence-corrected chi connectivity index (χ2v) is 5.64. The third kappa shape index (κ3) is 1.69. The number of amides is 1. The molecule has 0 saturated heterocycles. The monoisotopic (exact) mass is 297 g/mol. The van der Waals surface area contributed by atoms with Crippen LogP contribution in [-0.2, 0) is 10.3 Å². The van der Waals surface area contributed by atoms with Gasteiger partial charge in [-0.15, -0.1) is 0 Å². The second-order valence-electron chi connectivity index (χ2n) is 5.23. The van der Waals surface area contributed by atoms with Crippen LogP contribution in [-0.4, -0.2) is 11.6 Å². The van der Waals surface area contributed by atoms with E-state index in [0.717, 1.165) is 22.5 Å². The Balaban J connectivity index is 1.76. The van der Waals surface area contributed by atoms with Gasteiger partial charge in [0, 0.05) is 28.3 Å². The van der Waals surface area contributed by atoms with Gasteiger partial charge in [0.05, 0.1) is 5.71 Å². The highest BCUT2D eigenvalue weighted by atomic mass is 35.5. The number of nitrogens with zero attached hydrogens (tertiary/aromatic N) is 1. The van der Waals surface area contributed by atoms with E-state index in [1.807, 2.05) is 48.5 Å². The van der Waals surface area contributed by atoms with Crippen molar-refractivity contribution in [2.45, 2.75) is 12.0 Å². The van der Waals surface area contributed by atoms with E-state index in [1.165, 1.54) is 0 Å². The minimum absolute atomic E-state index is 0.0745. The summed E-state index contributed by atoms with van der Waals surface area (Å²) in [5, 5.41) is 7.92. The van der Waals surface area contributed by atoms with Crippen LogP contribution < -0.4 is 10.7 Å². The molecule has 0 bridgehead atoms. The Kier molecular flexibility index (Phi) is 2.56. The van der Waals surface area contributed by atoms with Crippen molar-refractivity contribution in [3.8, 4) is 0 Å². The molecular formula is C16H12ClN3O. The zero-order chi connectivity index (χ0) is 14.4. The van der Waals surface area contributed by atoms with Gasteiger partial charge in [-0.2, -0.15) is 5.10 Å². The van der Waals surface area contributed by atoms with Crippen molar-refractivity contribution >= 4 is 28.9 Å². The van der Waals surface area contributed by atoms with E-state index in [4.69, 9.17) is 11.6 Å². The molecule has 104 valence electrons. The number of halogens is 1. The molecule has 4 rings (SSSR count). The van der Waals surface area contributed by atoms with E-state index in [-0.39, 0.29) is 5.91 Å². The number of fused-ring (bicyclic) bond motifs is 2. The highest BCUT2D eigenvalue weighted by molar-refractivity contribution is 6.34. The molecule has 0 unspecified atom stereocenters. The summed E-state index contributed by atoms with van der Waals surface area (Å²) in [4.78, 5) is 12.4. The fourth-order valence-corrected chi connectivity index (χ4v) is 3.19. The molecule has 4 nitrogen and oxygen atoms in total. The van der Waals surface area contributed by atoms with Crippen LogP contribution in [0.15, 0.2) is 53.6 Å². The molecule has 0 radical (unpaired) electrons. The fraction of sp³-hybridized carbons (Fsp3) is 0.125. The van der Waals surface area contributed by atoms with Crippen molar-refractivity contribution in [2.24, 2.45) is 5.10 Å². The van der Waals surface area contributed by atoms with Crippen LogP contribution in [0.5, 0.6) is 0 Å². The summed E-state index contributed by atoms with van der Waals surface area (Å²) < 4.78 is 0. The lowest BCUT2D eigenvalue weighted by molar-refractivity contribution is -0.121. The molecule has 2 aromatic carbocycles. The number of rotatable bonds is 1. The van der Waals surface area contributed by atoms with Crippen molar-refractivity contribution in [3.63, 3.8) is 0 Å². The lowest BCUT2D eigenvalue weighted by Crippen LogP contribution is -2.42. The zero-order valence-corrected chi connectivity index (χ0v) is 11.8. The molecule has 0 aliphatic carbocycles. The van der Waals surface area contributed by atoms with Gasteiger partial charge in [-0.1, -0.05) is 48.0 Å². The van der Waals surface area contributed by atoms with Gasteiger partial charge in [0.25, 0.3) is 5.91 Å².